The van der Waals surface area contributed by atoms with Crippen molar-refractivity contribution in [3.05, 3.63) is 33.1 Å². The summed E-state index contributed by atoms with van der Waals surface area (Å²) >= 11 is 11.0. The zero-order valence-corrected chi connectivity index (χ0v) is 12.1. The molecule has 0 fully saturated rings. The maximum atomic E-state index is 13.2. The van der Waals surface area contributed by atoms with E-state index < -0.39 is 41.4 Å². The Kier molecular flexibility index (Phi) is 5.11. The normalized spacial score (nSPS) is 13.3. The molecule has 0 radical (unpaired) electrons. The summed E-state index contributed by atoms with van der Waals surface area (Å²) in [5, 5.41) is 9.41. The van der Waals surface area contributed by atoms with Crippen LogP contribution in [0.1, 0.15) is 13.3 Å². The summed E-state index contributed by atoms with van der Waals surface area (Å²) in [4.78, 5) is 9.26. The zero-order chi connectivity index (χ0) is 14.8. The van der Waals surface area contributed by atoms with E-state index in [4.69, 9.17) is 23.2 Å². The summed E-state index contributed by atoms with van der Waals surface area (Å²) in [6.45, 7) is 1.37. The number of nitro benzene ring substituents is 1. The van der Waals surface area contributed by atoms with Gasteiger partial charge in [0.2, 0.25) is 0 Å². The summed E-state index contributed by atoms with van der Waals surface area (Å²) in [6.07, 6.45) is 0.121. The highest BCUT2D eigenvalue weighted by Crippen LogP contribution is 2.32. The van der Waals surface area contributed by atoms with Crippen LogP contribution in [0.15, 0.2) is 17.0 Å². The Morgan fingerprint density at radius 1 is 1.47 bits per heavy atom. The Balaban J connectivity index is 3.49. The van der Waals surface area contributed by atoms with E-state index in [0.717, 1.165) is 6.07 Å². The average Bonchev–Trinajstić information content (AvgIpc) is 2.31. The third-order valence-corrected chi connectivity index (χ3v) is 5.29. The molecule has 1 unspecified atom stereocenters. The van der Waals surface area contributed by atoms with Gasteiger partial charge in [0, 0.05) is 5.88 Å². The second kappa shape index (κ2) is 6.02. The minimum atomic E-state index is -3.99. The summed E-state index contributed by atoms with van der Waals surface area (Å²) in [5.74, 6) is -0.958. The first-order valence-electron chi connectivity index (χ1n) is 5.15. The second-order valence-electron chi connectivity index (χ2n) is 3.82. The van der Waals surface area contributed by atoms with Crippen LogP contribution in [0.25, 0.3) is 0 Å². The fourth-order valence-corrected chi connectivity index (χ4v) is 3.67. The number of nitrogens with zero attached hydrogens (tertiary/aromatic N) is 1. The van der Waals surface area contributed by atoms with Crippen LogP contribution >= 0.6 is 23.2 Å². The van der Waals surface area contributed by atoms with Gasteiger partial charge in [-0.2, -0.15) is 0 Å². The summed E-state index contributed by atoms with van der Waals surface area (Å²) in [5.41, 5.74) is -0.830. The van der Waals surface area contributed by atoms with E-state index >= 15 is 0 Å². The Hall–Kier alpha value is -0.920. The van der Waals surface area contributed by atoms with Gasteiger partial charge < -0.3 is 0 Å². The van der Waals surface area contributed by atoms with Crippen molar-refractivity contribution >= 4 is 38.7 Å². The molecule has 1 rings (SSSR count). The van der Waals surface area contributed by atoms with Crippen LogP contribution in [0, 0.1) is 15.9 Å². The molecule has 0 aliphatic heterocycles. The molecule has 1 aromatic rings. The zero-order valence-electron chi connectivity index (χ0n) is 9.77. The lowest BCUT2D eigenvalue weighted by atomic mass is 10.3. The van der Waals surface area contributed by atoms with Crippen LogP contribution in [0.4, 0.5) is 10.1 Å². The molecule has 0 aromatic heterocycles. The largest absolute Gasteiger partial charge is 0.291 e. The lowest BCUT2D eigenvalue weighted by Crippen LogP contribution is -2.20. The van der Waals surface area contributed by atoms with Gasteiger partial charge in [-0.1, -0.05) is 11.6 Å². The minimum Gasteiger partial charge on any atom is -0.258 e. The van der Waals surface area contributed by atoms with E-state index in [1.165, 1.54) is 6.92 Å². The molecule has 9 heteroatoms. The van der Waals surface area contributed by atoms with Crippen LogP contribution in [0.3, 0.4) is 0 Å². The number of hydrogen-bond donors (Lipinski definition) is 0. The quantitative estimate of drug-likeness (QED) is 0.359. The van der Waals surface area contributed by atoms with E-state index in [0.29, 0.717) is 6.07 Å². The number of rotatable bonds is 5. The highest BCUT2D eigenvalue weighted by molar-refractivity contribution is 7.92. The van der Waals surface area contributed by atoms with Crippen molar-refractivity contribution in [3.8, 4) is 0 Å². The number of halogens is 3. The molecule has 0 saturated carbocycles. The average molecular weight is 330 g/mol. The Morgan fingerprint density at radius 3 is 2.53 bits per heavy atom. The van der Waals surface area contributed by atoms with Gasteiger partial charge in [0.05, 0.1) is 21.3 Å². The number of nitro groups is 1. The molecule has 5 nitrogen and oxygen atoms in total. The van der Waals surface area contributed by atoms with Crippen LogP contribution in [0.5, 0.6) is 0 Å². The van der Waals surface area contributed by atoms with Gasteiger partial charge in [-0.05, 0) is 19.4 Å². The third-order valence-electron chi connectivity index (χ3n) is 2.55. The van der Waals surface area contributed by atoms with Crippen molar-refractivity contribution in [2.75, 3.05) is 5.88 Å². The fourth-order valence-electron chi connectivity index (χ4n) is 1.41. The molecule has 0 aliphatic rings. The monoisotopic (exact) mass is 329 g/mol. The lowest BCUT2D eigenvalue weighted by Gasteiger charge is -2.12. The van der Waals surface area contributed by atoms with E-state index in [1.807, 2.05) is 0 Å². The van der Waals surface area contributed by atoms with Gasteiger partial charge >= 0.3 is 0 Å². The minimum absolute atomic E-state index is 0.0864. The van der Waals surface area contributed by atoms with E-state index in [9.17, 15) is 22.9 Å². The Labute approximate surface area is 119 Å². The van der Waals surface area contributed by atoms with Crippen molar-refractivity contribution in [1.29, 1.82) is 0 Å². The van der Waals surface area contributed by atoms with Gasteiger partial charge in [0.15, 0.2) is 9.84 Å². The maximum absolute atomic E-state index is 13.2. The molecular formula is C10H10Cl2FNO4S. The standard InChI is InChI=1S/C10H10Cl2FNO4S/c1-6(2-3-11)19(17,18)10-4-7(12)8(13)5-9(10)14(15)16/h4-6H,2-3H2,1H3. The van der Waals surface area contributed by atoms with E-state index in [-0.39, 0.29) is 12.3 Å². The number of alkyl halides is 1. The molecule has 0 bridgehead atoms. The van der Waals surface area contributed by atoms with Gasteiger partial charge in [-0.15, -0.1) is 11.6 Å². The topological polar surface area (TPSA) is 77.3 Å². The van der Waals surface area contributed by atoms with Crippen molar-refractivity contribution in [3.63, 3.8) is 0 Å². The first-order valence-corrected chi connectivity index (χ1v) is 7.61. The molecule has 1 aromatic carbocycles. The maximum Gasteiger partial charge on any atom is 0.291 e. The molecule has 1 atom stereocenters. The molecule has 106 valence electrons. The molecule has 0 amide bonds. The molecule has 0 N–H and O–H groups in total. The van der Waals surface area contributed by atoms with Crippen molar-refractivity contribution in [2.45, 2.75) is 23.5 Å². The van der Waals surface area contributed by atoms with Crippen molar-refractivity contribution < 1.29 is 17.7 Å². The molecule has 0 heterocycles. The highest BCUT2D eigenvalue weighted by Gasteiger charge is 2.32. The first-order chi connectivity index (χ1) is 8.71. The van der Waals surface area contributed by atoms with Crippen LogP contribution in [-0.2, 0) is 9.84 Å². The SMILES string of the molecule is CC(CCCl)S(=O)(=O)c1cc(Cl)c(F)cc1[N+](=O)[O-]. The van der Waals surface area contributed by atoms with Gasteiger partial charge in [-0.25, -0.2) is 12.8 Å². The number of sulfone groups is 1. The predicted octanol–water partition coefficient (Wildman–Crippen LogP) is 3.18. The lowest BCUT2D eigenvalue weighted by molar-refractivity contribution is -0.388. The smallest absolute Gasteiger partial charge is 0.258 e. The molecule has 0 aliphatic carbocycles. The second-order valence-corrected chi connectivity index (χ2v) is 6.94. The van der Waals surface area contributed by atoms with Crippen LogP contribution in [-0.4, -0.2) is 24.5 Å². The number of hydrogen-bond acceptors (Lipinski definition) is 4. The third kappa shape index (κ3) is 3.34. The van der Waals surface area contributed by atoms with Gasteiger partial charge in [0.1, 0.15) is 10.7 Å². The van der Waals surface area contributed by atoms with Crippen molar-refractivity contribution in [2.24, 2.45) is 0 Å². The molecule has 19 heavy (non-hydrogen) atoms. The Bertz CT molecular complexity index is 606. The predicted molar refractivity (Wildman–Crippen MR) is 70.0 cm³/mol. The number of benzene rings is 1. The molecular weight excluding hydrogens is 320 g/mol. The van der Waals surface area contributed by atoms with E-state index in [1.54, 1.807) is 0 Å². The molecule has 0 saturated heterocycles. The van der Waals surface area contributed by atoms with Crippen LogP contribution < -0.4 is 0 Å². The van der Waals surface area contributed by atoms with Crippen molar-refractivity contribution in [1.82, 2.24) is 0 Å². The summed E-state index contributed by atoms with van der Waals surface area (Å²) in [6, 6.07) is 1.26. The van der Waals surface area contributed by atoms with Crippen LogP contribution in [0.2, 0.25) is 5.02 Å². The van der Waals surface area contributed by atoms with E-state index in [2.05, 4.69) is 0 Å². The first kappa shape index (κ1) is 16.1. The van der Waals surface area contributed by atoms with Gasteiger partial charge in [-0.3, -0.25) is 10.1 Å². The highest BCUT2D eigenvalue weighted by atomic mass is 35.5. The fraction of sp³-hybridized carbons (Fsp3) is 0.400. The Morgan fingerprint density at radius 2 is 2.05 bits per heavy atom. The summed E-state index contributed by atoms with van der Waals surface area (Å²) < 4.78 is 37.5. The van der Waals surface area contributed by atoms with Gasteiger partial charge in [0.25, 0.3) is 5.69 Å². The summed E-state index contributed by atoms with van der Waals surface area (Å²) in [7, 11) is -3.99. The molecule has 0 spiro atoms.